The van der Waals surface area contributed by atoms with Crippen LogP contribution in [-0.4, -0.2) is 20.0 Å². The molecule has 2 aromatic heterocycles. The van der Waals surface area contributed by atoms with Crippen LogP contribution in [-0.2, 0) is 13.5 Å². The summed E-state index contributed by atoms with van der Waals surface area (Å²) >= 11 is 1.56. The first-order valence-electron chi connectivity index (χ1n) is 6.43. The van der Waals surface area contributed by atoms with Crippen molar-refractivity contribution in [1.29, 1.82) is 0 Å². The molecule has 6 heteroatoms. The van der Waals surface area contributed by atoms with E-state index in [0.717, 1.165) is 28.6 Å². The minimum absolute atomic E-state index is 0.790. The van der Waals surface area contributed by atoms with Gasteiger partial charge in [0.05, 0.1) is 6.20 Å². The third kappa shape index (κ3) is 2.70. The fraction of sp³-hybridized carbons (Fsp3) is 0.214. The van der Waals surface area contributed by atoms with Crippen LogP contribution in [0.3, 0.4) is 0 Å². The number of nitrogens with one attached hydrogen (secondary N) is 1. The zero-order valence-corrected chi connectivity index (χ0v) is 12.2. The largest absolute Gasteiger partial charge is 0.332 e. The Morgan fingerprint density at radius 2 is 2.00 bits per heavy atom. The van der Waals surface area contributed by atoms with E-state index in [2.05, 4.69) is 51.7 Å². The second-order valence-electron chi connectivity index (χ2n) is 4.43. The molecule has 0 aliphatic carbocycles. The predicted octanol–water partition coefficient (Wildman–Crippen LogP) is 3.24. The molecule has 0 saturated heterocycles. The Labute approximate surface area is 121 Å². The molecule has 20 heavy (non-hydrogen) atoms. The Morgan fingerprint density at radius 1 is 1.20 bits per heavy atom. The summed E-state index contributed by atoms with van der Waals surface area (Å²) in [5.74, 6) is 0. The minimum Gasteiger partial charge on any atom is -0.332 e. The molecule has 0 amide bonds. The van der Waals surface area contributed by atoms with Gasteiger partial charge in [-0.05, 0) is 24.1 Å². The van der Waals surface area contributed by atoms with E-state index in [1.54, 1.807) is 24.6 Å². The summed E-state index contributed by atoms with van der Waals surface area (Å²) in [6, 6.07) is 8.39. The average Bonchev–Trinajstić information content (AvgIpc) is 3.09. The van der Waals surface area contributed by atoms with Gasteiger partial charge in [0.2, 0.25) is 0 Å². The van der Waals surface area contributed by atoms with Crippen molar-refractivity contribution in [2.24, 2.45) is 7.05 Å². The third-order valence-corrected chi connectivity index (χ3v) is 3.74. The van der Waals surface area contributed by atoms with Crippen molar-refractivity contribution >= 4 is 22.2 Å². The summed E-state index contributed by atoms with van der Waals surface area (Å²) < 4.78 is 0. The summed E-state index contributed by atoms with van der Waals surface area (Å²) in [6.07, 6.45) is 2.77. The number of nitrogens with zero attached hydrogens (tertiary/aromatic N) is 4. The smallest absolute Gasteiger partial charge is 0.187 e. The van der Waals surface area contributed by atoms with Crippen molar-refractivity contribution in [2.75, 3.05) is 5.32 Å². The van der Waals surface area contributed by atoms with Crippen molar-refractivity contribution in [3.8, 4) is 11.4 Å². The van der Waals surface area contributed by atoms with Crippen LogP contribution in [0.4, 0.5) is 10.8 Å². The molecule has 0 radical (unpaired) electrons. The molecule has 1 aromatic carbocycles. The molecular weight excluding hydrogens is 270 g/mol. The topological polar surface area (TPSA) is 55.6 Å². The lowest BCUT2D eigenvalue weighted by Gasteiger charge is -2.03. The molecular formula is C14H15N5S. The van der Waals surface area contributed by atoms with Crippen LogP contribution < -0.4 is 5.32 Å². The molecule has 0 unspecified atom stereocenters. The molecule has 0 aliphatic heterocycles. The maximum absolute atomic E-state index is 4.52. The number of anilines is 2. The van der Waals surface area contributed by atoms with Gasteiger partial charge in [0.25, 0.3) is 0 Å². The highest BCUT2D eigenvalue weighted by molar-refractivity contribution is 7.14. The van der Waals surface area contributed by atoms with E-state index in [1.165, 1.54) is 10.4 Å². The van der Waals surface area contributed by atoms with E-state index in [1.807, 2.05) is 5.38 Å². The average molecular weight is 285 g/mol. The Kier molecular flexibility index (Phi) is 3.47. The Balaban J connectivity index is 1.76. The van der Waals surface area contributed by atoms with Crippen molar-refractivity contribution in [3.63, 3.8) is 0 Å². The van der Waals surface area contributed by atoms with Gasteiger partial charge in [-0.15, -0.1) is 11.3 Å². The lowest BCUT2D eigenvalue weighted by molar-refractivity contribution is 0.655. The first-order chi connectivity index (χ1) is 9.74. The van der Waals surface area contributed by atoms with E-state index in [4.69, 9.17) is 0 Å². The number of benzene rings is 1. The predicted molar refractivity (Wildman–Crippen MR) is 81.2 cm³/mol. The first-order valence-corrected chi connectivity index (χ1v) is 7.31. The third-order valence-electron chi connectivity index (χ3n) is 2.98. The Hall–Kier alpha value is -2.21. The van der Waals surface area contributed by atoms with Gasteiger partial charge in [0, 0.05) is 18.1 Å². The number of rotatable bonds is 4. The van der Waals surface area contributed by atoms with Gasteiger partial charge in [0.1, 0.15) is 11.4 Å². The second-order valence-corrected chi connectivity index (χ2v) is 5.29. The van der Waals surface area contributed by atoms with Gasteiger partial charge in [-0.25, -0.2) is 4.98 Å². The Bertz CT molecular complexity index is 698. The highest BCUT2D eigenvalue weighted by atomic mass is 32.1. The maximum Gasteiger partial charge on any atom is 0.187 e. The fourth-order valence-corrected chi connectivity index (χ4v) is 2.58. The molecule has 0 aliphatic rings. The minimum atomic E-state index is 0.790. The molecule has 3 rings (SSSR count). The molecule has 102 valence electrons. The van der Waals surface area contributed by atoms with Crippen LogP contribution in [0.2, 0.25) is 0 Å². The van der Waals surface area contributed by atoms with Crippen molar-refractivity contribution in [3.05, 3.63) is 41.4 Å². The molecule has 3 aromatic rings. The van der Waals surface area contributed by atoms with Gasteiger partial charge >= 0.3 is 0 Å². The quantitative estimate of drug-likeness (QED) is 0.799. The van der Waals surface area contributed by atoms with Crippen molar-refractivity contribution in [1.82, 2.24) is 20.0 Å². The number of hydrogen-bond donors (Lipinski definition) is 1. The summed E-state index contributed by atoms with van der Waals surface area (Å²) in [6.45, 7) is 2.15. The van der Waals surface area contributed by atoms with Gasteiger partial charge in [-0.2, -0.15) is 15.0 Å². The molecule has 1 N–H and O–H groups in total. The van der Waals surface area contributed by atoms with E-state index >= 15 is 0 Å². The molecule has 0 bridgehead atoms. The monoisotopic (exact) mass is 285 g/mol. The number of hydrogen-bond acceptors (Lipinski definition) is 5. The zero-order chi connectivity index (χ0) is 13.9. The molecule has 0 spiro atoms. The normalized spacial score (nSPS) is 10.7. The number of thiazole rings is 1. The van der Waals surface area contributed by atoms with Gasteiger partial charge < -0.3 is 5.32 Å². The SMILES string of the molecule is CCc1ccc(Nc2nc(-c3cnn(C)n3)cs2)cc1. The number of aromatic nitrogens is 4. The summed E-state index contributed by atoms with van der Waals surface area (Å²) in [4.78, 5) is 6.06. The van der Waals surface area contributed by atoms with E-state index < -0.39 is 0 Å². The fourth-order valence-electron chi connectivity index (χ4n) is 1.86. The molecule has 0 fully saturated rings. The van der Waals surface area contributed by atoms with Gasteiger partial charge in [0.15, 0.2) is 5.13 Å². The lowest BCUT2D eigenvalue weighted by atomic mass is 10.1. The van der Waals surface area contributed by atoms with Crippen LogP contribution in [0.1, 0.15) is 12.5 Å². The van der Waals surface area contributed by atoms with Crippen molar-refractivity contribution in [2.45, 2.75) is 13.3 Å². The first kappa shape index (κ1) is 12.8. The molecule has 5 nitrogen and oxygen atoms in total. The molecule has 0 saturated carbocycles. The molecule has 0 atom stereocenters. The highest BCUT2D eigenvalue weighted by Crippen LogP contribution is 2.25. The second kappa shape index (κ2) is 5.42. The number of aryl methyl sites for hydroxylation is 2. The van der Waals surface area contributed by atoms with E-state index in [9.17, 15) is 0 Å². The maximum atomic E-state index is 4.52. The summed E-state index contributed by atoms with van der Waals surface area (Å²) in [7, 11) is 1.80. The van der Waals surface area contributed by atoms with E-state index in [-0.39, 0.29) is 0 Å². The van der Waals surface area contributed by atoms with Gasteiger partial charge in [-0.1, -0.05) is 19.1 Å². The van der Waals surface area contributed by atoms with Crippen LogP contribution in [0.15, 0.2) is 35.8 Å². The molecule has 2 heterocycles. The van der Waals surface area contributed by atoms with Crippen LogP contribution in [0.5, 0.6) is 0 Å². The van der Waals surface area contributed by atoms with Crippen molar-refractivity contribution < 1.29 is 0 Å². The zero-order valence-electron chi connectivity index (χ0n) is 11.4. The Morgan fingerprint density at radius 3 is 2.65 bits per heavy atom. The van der Waals surface area contributed by atoms with E-state index in [0.29, 0.717) is 0 Å². The lowest BCUT2D eigenvalue weighted by Crippen LogP contribution is -1.92. The van der Waals surface area contributed by atoms with Crippen LogP contribution >= 0.6 is 11.3 Å². The van der Waals surface area contributed by atoms with Crippen LogP contribution in [0, 0.1) is 0 Å². The summed E-state index contributed by atoms with van der Waals surface area (Å²) in [5.41, 5.74) is 4.01. The highest BCUT2D eigenvalue weighted by Gasteiger charge is 2.07. The standard InChI is InChI=1S/C14H15N5S/c1-3-10-4-6-11(7-5-10)16-14-17-13(9-20-14)12-8-15-19(2)18-12/h4-9H,3H2,1-2H3,(H,16,17). The van der Waals surface area contributed by atoms with Crippen LogP contribution in [0.25, 0.3) is 11.4 Å². The summed E-state index contributed by atoms with van der Waals surface area (Å²) in [5, 5.41) is 14.4. The van der Waals surface area contributed by atoms with Gasteiger partial charge in [-0.3, -0.25) is 0 Å².